The molecule has 0 spiro atoms. The maximum atomic E-state index is 11.7. The number of nitrogens with one attached hydrogen (secondary N) is 1. The van der Waals surface area contributed by atoms with E-state index in [0.29, 0.717) is 11.6 Å². The van der Waals surface area contributed by atoms with Gasteiger partial charge in [0.05, 0.1) is 0 Å². The molecule has 1 aromatic heterocycles. The monoisotopic (exact) mass is 251 g/mol. The molecule has 0 aliphatic rings. The van der Waals surface area contributed by atoms with Crippen molar-refractivity contribution in [3.05, 3.63) is 24.0 Å². The highest BCUT2D eigenvalue weighted by atomic mass is 16.3. The van der Waals surface area contributed by atoms with Crippen LogP contribution in [0.1, 0.15) is 23.8 Å². The van der Waals surface area contributed by atoms with Gasteiger partial charge in [0.1, 0.15) is 5.69 Å². The van der Waals surface area contributed by atoms with E-state index in [9.17, 15) is 4.79 Å². The van der Waals surface area contributed by atoms with Crippen LogP contribution in [0.2, 0.25) is 0 Å². The van der Waals surface area contributed by atoms with Crippen molar-refractivity contribution >= 4 is 11.6 Å². The van der Waals surface area contributed by atoms with Crippen molar-refractivity contribution in [2.45, 2.75) is 13.3 Å². The normalized spacial score (nSPS) is 12.0. The number of anilines is 1. The molecule has 5 heteroatoms. The number of aromatic nitrogens is 1. The predicted molar refractivity (Wildman–Crippen MR) is 71.6 cm³/mol. The predicted octanol–water partition coefficient (Wildman–Crippen LogP) is 1.21. The SMILES string of the molecule is CC(CCO)CNc1ccnc(C(=O)N(C)C)c1. The second-order valence-electron chi connectivity index (χ2n) is 4.63. The zero-order valence-electron chi connectivity index (χ0n) is 11.2. The standard InChI is InChI=1S/C13H21N3O2/c1-10(5-7-17)9-15-11-4-6-14-12(8-11)13(18)16(2)3/h4,6,8,10,17H,5,7,9H2,1-3H3,(H,14,15). The summed E-state index contributed by atoms with van der Waals surface area (Å²) >= 11 is 0. The van der Waals surface area contributed by atoms with Gasteiger partial charge in [0.2, 0.25) is 0 Å². The van der Waals surface area contributed by atoms with Gasteiger partial charge < -0.3 is 15.3 Å². The van der Waals surface area contributed by atoms with Gasteiger partial charge in [0.15, 0.2) is 0 Å². The lowest BCUT2D eigenvalue weighted by Crippen LogP contribution is -2.23. The molecule has 0 saturated heterocycles. The van der Waals surface area contributed by atoms with Gasteiger partial charge in [-0.25, -0.2) is 0 Å². The van der Waals surface area contributed by atoms with Crippen molar-refractivity contribution in [3.8, 4) is 0 Å². The Bertz CT molecular complexity index is 394. The first-order valence-corrected chi connectivity index (χ1v) is 6.07. The van der Waals surface area contributed by atoms with Crippen molar-refractivity contribution in [3.63, 3.8) is 0 Å². The van der Waals surface area contributed by atoms with Crippen LogP contribution in [0.25, 0.3) is 0 Å². The van der Waals surface area contributed by atoms with Crippen LogP contribution in [-0.2, 0) is 0 Å². The first kappa shape index (κ1) is 14.4. The zero-order valence-corrected chi connectivity index (χ0v) is 11.2. The molecular formula is C13H21N3O2. The van der Waals surface area contributed by atoms with Crippen LogP contribution in [0.5, 0.6) is 0 Å². The minimum Gasteiger partial charge on any atom is -0.396 e. The van der Waals surface area contributed by atoms with E-state index < -0.39 is 0 Å². The van der Waals surface area contributed by atoms with E-state index in [0.717, 1.165) is 18.7 Å². The van der Waals surface area contributed by atoms with Crippen molar-refractivity contribution in [2.75, 3.05) is 32.6 Å². The molecule has 5 nitrogen and oxygen atoms in total. The number of hydrogen-bond donors (Lipinski definition) is 2. The van der Waals surface area contributed by atoms with Gasteiger partial charge in [-0.3, -0.25) is 9.78 Å². The third kappa shape index (κ3) is 4.33. The second kappa shape index (κ2) is 6.96. The van der Waals surface area contributed by atoms with Crippen LogP contribution in [0, 0.1) is 5.92 Å². The van der Waals surface area contributed by atoms with Crippen LogP contribution in [-0.4, -0.2) is 48.1 Å². The second-order valence-corrected chi connectivity index (χ2v) is 4.63. The van der Waals surface area contributed by atoms with E-state index in [1.807, 2.05) is 6.07 Å². The fourth-order valence-electron chi connectivity index (χ4n) is 1.50. The molecule has 1 amide bonds. The molecule has 0 aliphatic carbocycles. The highest BCUT2D eigenvalue weighted by Gasteiger charge is 2.10. The molecule has 0 aliphatic heterocycles. The van der Waals surface area contributed by atoms with Crippen LogP contribution in [0.3, 0.4) is 0 Å². The van der Waals surface area contributed by atoms with Crippen LogP contribution < -0.4 is 5.32 Å². The highest BCUT2D eigenvalue weighted by Crippen LogP contribution is 2.11. The van der Waals surface area contributed by atoms with E-state index >= 15 is 0 Å². The van der Waals surface area contributed by atoms with E-state index in [4.69, 9.17) is 5.11 Å². The first-order valence-electron chi connectivity index (χ1n) is 6.07. The fourth-order valence-corrected chi connectivity index (χ4v) is 1.50. The van der Waals surface area contributed by atoms with Crippen molar-refractivity contribution in [2.24, 2.45) is 5.92 Å². The van der Waals surface area contributed by atoms with Gasteiger partial charge in [-0.1, -0.05) is 6.92 Å². The number of carbonyl (C=O) groups is 1. The lowest BCUT2D eigenvalue weighted by molar-refractivity contribution is 0.0822. The Balaban J connectivity index is 2.62. The summed E-state index contributed by atoms with van der Waals surface area (Å²) in [6, 6.07) is 3.58. The summed E-state index contributed by atoms with van der Waals surface area (Å²) in [4.78, 5) is 17.3. The molecule has 0 aromatic carbocycles. The van der Waals surface area contributed by atoms with Gasteiger partial charge in [0, 0.05) is 39.1 Å². The number of carbonyl (C=O) groups excluding carboxylic acids is 1. The number of pyridine rings is 1. The number of nitrogens with zero attached hydrogens (tertiary/aromatic N) is 2. The molecule has 1 aromatic rings. The Hall–Kier alpha value is -1.62. The first-order chi connectivity index (χ1) is 8.54. The third-order valence-electron chi connectivity index (χ3n) is 2.66. The molecule has 0 saturated carbocycles. The van der Waals surface area contributed by atoms with E-state index in [1.54, 1.807) is 26.4 Å². The van der Waals surface area contributed by atoms with E-state index in [2.05, 4.69) is 17.2 Å². The number of hydrogen-bond acceptors (Lipinski definition) is 4. The van der Waals surface area contributed by atoms with Gasteiger partial charge in [-0.2, -0.15) is 0 Å². The Kier molecular flexibility index (Phi) is 5.58. The molecule has 2 N–H and O–H groups in total. The fraction of sp³-hybridized carbons (Fsp3) is 0.538. The Morgan fingerprint density at radius 3 is 2.89 bits per heavy atom. The average molecular weight is 251 g/mol. The maximum Gasteiger partial charge on any atom is 0.272 e. The minimum atomic E-state index is -0.109. The number of rotatable bonds is 6. The summed E-state index contributed by atoms with van der Waals surface area (Å²) in [6.45, 7) is 3.03. The molecule has 18 heavy (non-hydrogen) atoms. The summed E-state index contributed by atoms with van der Waals surface area (Å²) in [5.74, 6) is 0.276. The summed E-state index contributed by atoms with van der Waals surface area (Å²) < 4.78 is 0. The molecule has 100 valence electrons. The molecule has 1 atom stereocenters. The number of aliphatic hydroxyl groups excluding tert-OH is 1. The van der Waals surface area contributed by atoms with Gasteiger partial charge in [0.25, 0.3) is 5.91 Å². The third-order valence-corrected chi connectivity index (χ3v) is 2.66. The average Bonchev–Trinajstić information content (AvgIpc) is 2.36. The Morgan fingerprint density at radius 2 is 2.28 bits per heavy atom. The largest absolute Gasteiger partial charge is 0.396 e. The van der Waals surface area contributed by atoms with Crippen molar-refractivity contribution in [1.82, 2.24) is 9.88 Å². The lowest BCUT2D eigenvalue weighted by atomic mass is 10.1. The number of amides is 1. The van der Waals surface area contributed by atoms with E-state index in [-0.39, 0.29) is 12.5 Å². The van der Waals surface area contributed by atoms with Crippen molar-refractivity contribution < 1.29 is 9.90 Å². The van der Waals surface area contributed by atoms with Gasteiger partial charge in [-0.15, -0.1) is 0 Å². The lowest BCUT2D eigenvalue weighted by Gasteiger charge is -2.14. The van der Waals surface area contributed by atoms with Crippen molar-refractivity contribution in [1.29, 1.82) is 0 Å². The van der Waals surface area contributed by atoms with Crippen LogP contribution >= 0.6 is 0 Å². The Morgan fingerprint density at radius 1 is 1.56 bits per heavy atom. The molecule has 0 bridgehead atoms. The Labute approximate surface area is 108 Å². The number of aliphatic hydroxyl groups is 1. The quantitative estimate of drug-likeness (QED) is 0.797. The van der Waals surface area contributed by atoms with Crippen LogP contribution in [0.4, 0.5) is 5.69 Å². The molecule has 1 heterocycles. The minimum absolute atomic E-state index is 0.109. The molecule has 0 radical (unpaired) electrons. The summed E-state index contributed by atoms with van der Waals surface area (Å²) in [7, 11) is 3.40. The summed E-state index contributed by atoms with van der Waals surface area (Å²) in [6.07, 6.45) is 2.39. The molecule has 1 unspecified atom stereocenters. The summed E-state index contributed by atoms with van der Waals surface area (Å²) in [5.41, 5.74) is 1.31. The smallest absolute Gasteiger partial charge is 0.272 e. The maximum absolute atomic E-state index is 11.7. The van der Waals surface area contributed by atoms with Gasteiger partial charge >= 0.3 is 0 Å². The van der Waals surface area contributed by atoms with Crippen LogP contribution in [0.15, 0.2) is 18.3 Å². The summed E-state index contributed by atoms with van der Waals surface area (Å²) in [5, 5.41) is 12.1. The highest BCUT2D eigenvalue weighted by molar-refractivity contribution is 5.92. The zero-order chi connectivity index (χ0) is 13.5. The topological polar surface area (TPSA) is 65.5 Å². The molecular weight excluding hydrogens is 230 g/mol. The van der Waals surface area contributed by atoms with E-state index in [1.165, 1.54) is 4.90 Å². The van der Waals surface area contributed by atoms with Gasteiger partial charge in [-0.05, 0) is 24.5 Å². The molecule has 1 rings (SSSR count). The molecule has 0 fully saturated rings.